The lowest BCUT2D eigenvalue weighted by Crippen LogP contribution is -2.63. The fraction of sp³-hybridized carbons (Fsp3) is 0.417. The third kappa shape index (κ3) is 6.67. The number of esters is 2. The van der Waals surface area contributed by atoms with E-state index in [1.165, 1.54) is 13.8 Å². The quantitative estimate of drug-likeness (QED) is 0.563. The Hall–Kier alpha value is -3.14. The molecular weight excluding hydrogens is 432 g/mol. The van der Waals surface area contributed by atoms with Gasteiger partial charge in [0.05, 0.1) is 20.3 Å². The van der Waals surface area contributed by atoms with E-state index in [9.17, 15) is 14.7 Å². The van der Waals surface area contributed by atoms with Gasteiger partial charge in [-0.05, 0) is 29.8 Å². The van der Waals surface area contributed by atoms with Gasteiger partial charge >= 0.3 is 11.9 Å². The number of aliphatic hydroxyl groups excluding tert-OH is 1. The molecule has 1 N–H and O–H groups in total. The van der Waals surface area contributed by atoms with Crippen molar-refractivity contribution in [2.75, 3.05) is 13.7 Å². The van der Waals surface area contributed by atoms with Gasteiger partial charge in [0.1, 0.15) is 17.6 Å². The third-order valence-electron chi connectivity index (χ3n) is 4.97. The highest BCUT2D eigenvalue weighted by Crippen LogP contribution is 2.31. The van der Waals surface area contributed by atoms with Crippen LogP contribution in [0.4, 0.5) is 0 Å². The van der Waals surface area contributed by atoms with Crippen LogP contribution in [-0.2, 0) is 35.1 Å². The number of carbonyl (C=O) groups excluding carboxylic acids is 2. The standard InChI is InChI=1S/C24H28O9/c1-15(26)30-21-20(13-25)33-24(32-19-11-9-18(28-3)10-12-19)23(22(21)31-16(2)27)29-14-17-7-5-4-6-8-17/h4-12,20-25H,13-14H2,1-3H3/t20-,21+,22+,23-,24-/m1/s1. The Bertz CT molecular complexity index is 900. The van der Waals surface area contributed by atoms with Crippen molar-refractivity contribution in [2.24, 2.45) is 0 Å². The lowest BCUT2D eigenvalue weighted by atomic mass is 9.98. The number of rotatable bonds is 9. The molecule has 33 heavy (non-hydrogen) atoms. The number of carbonyl (C=O) groups is 2. The average Bonchev–Trinajstić information content (AvgIpc) is 2.80. The Morgan fingerprint density at radius 1 is 0.879 bits per heavy atom. The molecular formula is C24H28O9. The molecule has 2 aromatic carbocycles. The molecule has 9 heteroatoms. The lowest BCUT2D eigenvalue weighted by Gasteiger charge is -2.44. The molecule has 0 amide bonds. The van der Waals surface area contributed by atoms with Crippen LogP contribution < -0.4 is 9.47 Å². The van der Waals surface area contributed by atoms with Gasteiger partial charge in [0.25, 0.3) is 0 Å². The minimum Gasteiger partial charge on any atom is -0.497 e. The summed E-state index contributed by atoms with van der Waals surface area (Å²) in [5.74, 6) is -0.133. The zero-order chi connectivity index (χ0) is 23.8. The van der Waals surface area contributed by atoms with Crippen molar-refractivity contribution >= 4 is 11.9 Å². The zero-order valence-corrected chi connectivity index (χ0v) is 18.7. The van der Waals surface area contributed by atoms with E-state index >= 15 is 0 Å². The summed E-state index contributed by atoms with van der Waals surface area (Å²) in [7, 11) is 1.55. The van der Waals surface area contributed by atoms with E-state index < -0.39 is 49.3 Å². The molecule has 0 radical (unpaired) electrons. The molecule has 1 saturated heterocycles. The molecule has 1 aliphatic rings. The van der Waals surface area contributed by atoms with E-state index in [1.807, 2.05) is 30.3 Å². The first kappa shape index (κ1) is 24.5. The molecule has 1 fully saturated rings. The maximum atomic E-state index is 11.9. The third-order valence-corrected chi connectivity index (χ3v) is 4.97. The van der Waals surface area contributed by atoms with E-state index in [0.717, 1.165) is 5.56 Å². The number of benzene rings is 2. The molecule has 0 aromatic heterocycles. The molecule has 9 nitrogen and oxygen atoms in total. The monoisotopic (exact) mass is 460 g/mol. The summed E-state index contributed by atoms with van der Waals surface area (Å²) in [6.45, 7) is 2.12. The highest BCUT2D eigenvalue weighted by molar-refractivity contribution is 5.67. The van der Waals surface area contributed by atoms with Crippen molar-refractivity contribution in [3.8, 4) is 11.5 Å². The Kier molecular flexibility index (Phi) is 8.65. The second kappa shape index (κ2) is 11.6. The number of aliphatic hydroxyl groups is 1. The van der Waals surface area contributed by atoms with Gasteiger partial charge in [-0.3, -0.25) is 9.59 Å². The first-order valence-corrected chi connectivity index (χ1v) is 10.5. The molecule has 178 valence electrons. The van der Waals surface area contributed by atoms with Gasteiger partial charge in [0.15, 0.2) is 18.3 Å². The Morgan fingerprint density at radius 3 is 2.06 bits per heavy atom. The van der Waals surface area contributed by atoms with Gasteiger partial charge in [-0.2, -0.15) is 0 Å². The average molecular weight is 460 g/mol. The molecule has 0 unspecified atom stereocenters. The highest BCUT2D eigenvalue weighted by atomic mass is 16.7. The van der Waals surface area contributed by atoms with Gasteiger partial charge < -0.3 is 33.5 Å². The van der Waals surface area contributed by atoms with Crippen LogP contribution in [0.3, 0.4) is 0 Å². The normalized spacial score (nSPS) is 24.5. The maximum Gasteiger partial charge on any atom is 0.303 e. The van der Waals surface area contributed by atoms with Crippen molar-refractivity contribution in [3.05, 3.63) is 60.2 Å². The maximum absolute atomic E-state index is 11.9. The van der Waals surface area contributed by atoms with Gasteiger partial charge in [-0.1, -0.05) is 30.3 Å². The Balaban J connectivity index is 1.91. The first-order chi connectivity index (χ1) is 15.9. The van der Waals surface area contributed by atoms with Gasteiger partial charge in [0.2, 0.25) is 6.29 Å². The second-order valence-corrected chi connectivity index (χ2v) is 7.43. The molecule has 1 heterocycles. The van der Waals surface area contributed by atoms with Gasteiger partial charge in [-0.25, -0.2) is 0 Å². The van der Waals surface area contributed by atoms with E-state index in [2.05, 4.69) is 0 Å². The molecule has 5 atom stereocenters. The molecule has 0 saturated carbocycles. The second-order valence-electron chi connectivity index (χ2n) is 7.43. The van der Waals surface area contributed by atoms with Crippen LogP contribution in [0.15, 0.2) is 54.6 Å². The summed E-state index contributed by atoms with van der Waals surface area (Å²) >= 11 is 0. The summed E-state index contributed by atoms with van der Waals surface area (Å²) in [4.78, 5) is 23.7. The molecule has 1 aliphatic heterocycles. The van der Waals surface area contributed by atoms with Crippen molar-refractivity contribution in [3.63, 3.8) is 0 Å². The van der Waals surface area contributed by atoms with E-state index in [0.29, 0.717) is 11.5 Å². The largest absolute Gasteiger partial charge is 0.497 e. The first-order valence-electron chi connectivity index (χ1n) is 10.5. The number of hydrogen-bond acceptors (Lipinski definition) is 9. The predicted octanol–water partition coefficient (Wildman–Crippen LogP) is 2.24. The van der Waals surface area contributed by atoms with E-state index in [4.69, 9.17) is 28.4 Å². The summed E-state index contributed by atoms with van der Waals surface area (Å²) in [6, 6.07) is 16.2. The van der Waals surface area contributed by atoms with Crippen LogP contribution >= 0.6 is 0 Å². The van der Waals surface area contributed by atoms with E-state index in [-0.39, 0.29) is 6.61 Å². The SMILES string of the molecule is COc1ccc(O[C@@H]2O[C@H](CO)[C@H](OC(C)=O)[C@H](OC(C)=O)[C@H]2OCc2ccccc2)cc1. The Labute approximate surface area is 192 Å². The van der Waals surface area contributed by atoms with Gasteiger partial charge in [0, 0.05) is 13.8 Å². The molecule has 2 aromatic rings. The van der Waals surface area contributed by atoms with Crippen LogP contribution in [0, 0.1) is 0 Å². The molecule has 3 rings (SSSR count). The summed E-state index contributed by atoms with van der Waals surface area (Å²) in [5.41, 5.74) is 0.871. The lowest BCUT2D eigenvalue weighted by molar-refractivity contribution is -0.295. The fourth-order valence-electron chi connectivity index (χ4n) is 3.51. The minimum absolute atomic E-state index is 0.158. The fourth-order valence-corrected chi connectivity index (χ4v) is 3.51. The van der Waals surface area contributed by atoms with Crippen LogP contribution in [-0.4, -0.2) is 61.5 Å². The zero-order valence-electron chi connectivity index (χ0n) is 18.7. The molecule has 0 aliphatic carbocycles. The predicted molar refractivity (Wildman–Crippen MR) is 115 cm³/mol. The van der Waals surface area contributed by atoms with Crippen molar-refractivity contribution in [2.45, 2.75) is 51.2 Å². The highest BCUT2D eigenvalue weighted by Gasteiger charge is 2.51. The minimum atomic E-state index is -1.09. The number of hydrogen-bond donors (Lipinski definition) is 1. The summed E-state index contributed by atoms with van der Waals surface area (Å²) < 4.78 is 34.1. The summed E-state index contributed by atoms with van der Waals surface area (Å²) in [6.07, 6.45) is -5.21. The van der Waals surface area contributed by atoms with Crippen LogP contribution in [0.25, 0.3) is 0 Å². The molecule has 0 spiro atoms. The van der Waals surface area contributed by atoms with Crippen LogP contribution in [0.1, 0.15) is 19.4 Å². The van der Waals surface area contributed by atoms with Crippen LogP contribution in [0.2, 0.25) is 0 Å². The van der Waals surface area contributed by atoms with Gasteiger partial charge in [-0.15, -0.1) is 0 Å². The smallest absolute Gasteiger partial charge is 0.303 e. The number of methoxy groups -OCH3 is 1. The van der Waals surface area contributed by atoms with Crippen molar-refractivity contribution in [1.82, 2.24) is 0 Å². The molecule has 0 bridgehead atoms. The summed E-state index contributed by atoms with van der Waals surface area (Å²) in [5, 5.41) is 9.90. The Morgan fingerprint density at radius 2 is 1.48 bits per heavy atom. The van der Waals surface area contributed by atoms with E-state index in [1.54, 1.807) is 31.4 Å². The number of ether oxygens (including phenoxy) is 6. The van der Waals surface area contributed by atoms with Crippen molar-refractivity contribution in [1.29, 1.82) is 0 Å². The van der Waals surface area contributed by atoms with Crippen molar-refractivity contribution < 1.29 is 43.1 Å². The van der Waals surface area contributed by atoms with Crippen LogP contribution in [0.5, 0.6) is 11.5 Å². The topological polar surface area (TPSA) is 110 Å².